The molecule has 2 aromatic rings. The van der Waals surface area contributed by atoms with Crippen molar-refractivity contribution < 1.29 is 13.2 Å². The fourth-order valence-electron chi connectivity index (χ4n) is 2.34. The molecule has 2 N–H and O–H groups in total. The van der Waals surface area contributed by atoms with E-state index in [0.29, 0.717) is 11.3 Å². The summed E-state index contributed by atoms with van der Waals surface area (Å²) < 4.78 is 25.6. The summed E-state index contributed by atoms with van der Waals surface area (Å²) in [7, 11) is -3.32. The molecule has 1 amide bonds. The predicted octanol–water partition coefficient (Wildman–Crippen LogP) is 3.56. The van der Waals surface area contributed by atoms with E-state index in [4.69, 9.17) is 0 Å². The number of sulfonamides is 1. The first-order valence-electron chi connectivity index (χ1n) is 8.20. The summed E-state index contributed by atoms with van der Waals surface area (Å²) in [6, 6.07) is 12.4. The molecular formula is C19H24N2O3S. The largest absolute Gasteiger partial charge is 0.346 e. The number of aryl methyl sites for hydroxylation is 2. The van der Waals surface area contributed by atoms with E-state index in [-0.39, 0.29) is 17.7 Å². The van der Waals surface area contributed by atoms with E-state index in [9.17, 15) is 13.2 Å². The van der Waals surface area contributed by atoms with Crippen molar-refractivity contribution in [2.45, 2.75) is 33.7 Å². The van der Waals surface area contributed by atoms with E-state index in [1.807, 2.05) is 26.0 Å². The zero-order valence-corrected chi connectivity index (χ0v) is 15.8. The van der Waals surface area contributed by atoms with Crippen LogP contribution in [0.3, 0.4) is 0 Å². The van der Waals surface area contributed by atoms with Crippen molar-refractivity contribution in [2.75, 3.05) is 10.5 Å². The third kappa shape index (κ3) is 5.06. The van der Waals surface area contributed by atoms with Crippen LogP contribution in [-0.4, -0.2) is 20.1 Å². The fraction of sp³-hybridized carbons (Fsp3) is 0.316. The highest BCUT2D eigenvalue weighted by atomic mass is 32.2. The summed E-state index contributed by atoms with van der Waals surface area (Å²) in [5.41, 5.74) is 4.37. The standard InChI is InChI=1S/C19H24N2O3S/c1-5-25(23,24)21-18-10-8-16(9-11-18)19(22)20-15(4)17-7-6-13(2)14(3)12-17/h6-12,15,21H,5H2,1-4H3,(H,20,22). The molecule has 25 heavy (non-hydrogen) atoms. The molecule has 134 valence electrons. The van der Waals surface area contributed by atoms with Crippen LogP contribution in [0.15, 0.2) is 42.5 Å². The summed E-state index contributed by atoms with van der Waals surface area (Å²) in [5.74, 6) is -0.196. The van der Waals surface area contributed by atoms with Gasteiger partial charge >= 0.3 is 0 Å². The van der Waals surface area contributed by atoms with Gasteiger partial charge in [0.2, 0.25) is 10.0 Å². The molecule has 1 unspecified atom stereocenters. The van der Waals surface area contributed by atoms with Gasteiger partial charge in [0.15, 0.2) is 0 Å². The lowest BCUT2D eigenvalue weighted by atomic mass is 10.0. The summed E-state index contributed by atoms with van der Waals surface area (Å²) in [5, 5.41) is 2.96. The highest BCUT2D eigenvalue weighted by Crippen LogP contribution is 2.18. The van der Waals surface area contributed by atoms with Crippen LogP contribution >= 0.6 is 0 Å². The minimum Gasteiger partial charge on any atom is -0.346 e. The first-order valence-corrected chi connectivity index (χ1v) is 9.85. The molecular weight excluding hydrogens is 336 g/mol. The van der Waals surface area contributed by atoms with Gasteiger partial charge in [-0.2, -0.15) is 0 Å². The van der Waals surface area contributed by atoms with Crippen molar-refractivity contribution in [3.05, 3.63) is 64.7 Å². The van der Waals surface area contributed by atoms with Gasteiger partial charge in [-0.1, -0.05) is 18.2 Å². The zero-order chi connectivity index (χ0) is 18.6. The highest BCUT2D eigenvalue weighted by Gasteiger charge is 2.13. The van der Waals surface area contributed by atoms with Gasteiger partial charge in [-0.25, -0.2) is 8.42 Å². The molecule has 0 saturated heterocycles. The Morgan fingerprint density at radius 3 is 2.24 bits per heavy atom. The van der Waals surface area contributed by atoms with Crippen LogP contribution in [0.25, 0.3) is 0 Å². The Bertz CT molecular complexity index is 859. The molecule has 6 heteroatoms. The number of anilines is 1. The lowest BCUT2D eigenvalue weighted by molar-refractivity contribution is 0.0940. The second-order valence-corrected chi connectivity index (χ2v) is 8.13. The molecule has 0 aliphatic carbocycles. The van der Waals surface area contributed by atoms with Gasteiger partial charge < -0.3 is 5.32 Å². The number of nitrogens with one attached hydrogen (secondary N) is 2. The topological polar surface area (TPSA) is 75.3 Å². The number of carbonyl (C=O) groups is 1. The minimum absolute atomic E-state index is 0.00270. The molecule has 0 bridgehead atoms. The Morgan fingerprint density at radius 1 is 1.04 bits per heavy atom. The molecule has 0 radical (unpaired) electrons. The quantitative estimate of drug-likeness (QED) is 0.827. The van der Waals surface area contributed by atoms with Crippen molar-refractivity contribution in [3.8, 4) is 0 Å². The molecule has 0 spiro atoms. The van der Waals surface area contributed by atoms with Gasteiger partial charge in [-0.3, -0.25) is 9.52 Å². The van der Waals surface area contributed by atoms with Crippen LogP contribution in [-0.2, 0) is 10.0 Å². The fourth-order valence-corrected chi connectivity index (χ4v) is 2.98. The average molecular weight is 360 g/mol. The Balaban J connectivity index is 2.06. The second-order valence-electron chi connectivity index (χ2n) is 6.12. The van der Waals surface area contributed by atoms with Crippen molar-refractivity contribution >= 4 is 21.6 Å². The van der Waals surface area contributed by atoms with Crippen molar-refractivity contribution in [3.63, 3.8) is 0 Å². The van der Waals surface area contributed by atoms with E-state index >= 15 is 0 Å². The lowest BCUT2D eigenvalue weighted by Crippen LogP contribution is -2.26. The molecule has 0 aliphatic rings. The molecule has 0 fully saturated rings. The summed E-state index contributed by atoms with van der Waals surface area (Å²) >= 11 is 0. The second kappa shape index (κ2) is 7.70. The smallest absolute Gasteiger partial charge is 0.251 e. The van der Waals surface area contributed by atoms with Gasteiger partial charge in [0, 0.05) is 11.3 Å². The number of rotatable bonds is 6. The number of carbonyl (C=O) groups excluding carboxylic acids is 1. The Kier molecular flexibility index (Phi) is 5.85. The van der Waals surface area contributed by atoms with E-state index in [0.717, 1.165) is 5.56 Å². The number of hydrogen-bond donors (Lipinski definition) is 2. The van der Waals surface area contributed by atoms with Gasteiger partial charge in [-0.05, 0) is 68.7 Å². The maximum atomic E-state index is 12.4. The first kappa shape index (κ1) is 19.0. The highest BCUT2D eigenvalue weighted by molar-refractivity contribution is 7.92. The summed E-state index contributed by atoms with van der Waals surface area (Å²) in [6.45, 7) is 7.60. The third-order valence-corrected chi connectivity index (χ3v) is 5.49. The minimum atomic E-state index is -3.32. The van der Waals surface area contributed by atoms with Gasteiger partial charge in [-0.15, -0.1) is 0 Å². The molecule has 1 atom stereocenters. The van der Waals surface area contributed by atoms with Crippen LogP contribution in [0, 0.1) is 13.8 Å². The van der Waals surface area contributed by atoms with Crippen LogP contribution < -0.4 is 10.0 Å². The maximum Gasteiger partial charge on any atom is 0.251 e. The van der Waals surface area contributed by atoms with Crippen molar-refractivity contribution in [1.29, 1.82) is 0 Å². The Hall–Kier alpha value is -2.34. The van der Waals surface area contributed by atoms with E-state index < -0.39 is 10.0 Å². The van der Waals surface area contributed by atoms with Crippen LogP contribution in [0.1, 0.15) is 46.9 Å². The predicted molar refractivity (Wildman–Crippen MR) is 101 cm³/mol. The average Bonchev–Trinajstić information content (AvgIpc) is 2.57. The van der Waals surface area contributed by atoms with E-state index in [1.165, 1.54) is 11.1 Å². The Morgan fingerprint density at radius 2 is 1.68 bits per heavy atom. The van der Waals surface area contributed by atoms with Gasteiger partial charge in [0.25, 0.3) is 5.91 Å². The maximum absolute atomic E-state index is 12.4. The van der Waals surface area contributed by atoms with E-state index in [2.05, 4.69) is 23.0 Å². The van der Waals surface area contributed by atoms with Crippen molar-refractivity contribution in [1.82, 2.24) is 5.32 Å². The van der Waals surface area contributed by atoms with Crippen LogP contribution in [0.4, 0.5) is 5.69 Å². The molecule has 0 aliphatic heterocycles. The molecule has 2 aromatic carbocycles. The first-order chi connectivity index (χ1) is 11.7. The number of hydrogen-bond acceptors (Lipinski definition) is 3. The zero-order valence-electron chi connectivity index (χ0n) is 15.0. The third-order valence-electron chi connectivity index (χ3n) is 4.18. The van der Waals surface area contributed by atoms with Gasteiger partial charge in [0.05, 0.1) is 11.8 Å². The molecule has 0 aromatic heterocycles. The monoisotopic (exact) mass is 360 g/mol. The number of amides is 1. The lowest BCUT2D eigenvalue weighted by Gasteiger charge is -2.16. The summed E-state index contributed by atoms with van der Waals surface area (Å²) in [6.07, 6.45) is 0. The van der Waals surface area contributed by atoms with Crippen LogP contribution in [0.5, 0.6) is 0 Å². The molecule has 2 rings (SSSR count). The summed E-state index contributed by atoms with van der Waals surface area (Å²) in [4.78, 5) is 12.4. The SMILES string of the molecule is CCS(=O)(=O)Nc1ccc(C(=O)NC(C)c2ccc(C)c(C)c2)cc1. The molecule has 0 saturated carbocycles. The van der Waals surface area contributed by atoms with Crippen molar-refractivity contribution in [2.24, 2.45) is 0 Å². The normalized spacial score (nSPS) is 12.5. The molecule has 0 heterocycles. The Labute approximate surface area is 149 Å². The number of benzene rings is 2. The molecule has 5 nitrogen and oxygen atoms in total. The van der Waals surface area contributed by atoms with Crippen LogP contribution in [0.2, 0.25) is 0 Å². The van der Waals surface area contributed by atoms with E-state index in [1.54, 1.807) is 31.2 Å². The van der Waals surface area contributed by atoms with Gasteiger partial charge in [0.1, 0.15) is 0 Å².